The molecule has 0 aliphatic carbocycles. The minimum absolute atomic E-state index is 0.189. The molecule has 0 amide bonds. The van der Waals surface area contributed by atoms with Crippen molar-refractivity contribution >= 4 is 17.7 Å². The maximum atomic E-state index is 12.8. The van der Waals surface area contributed by atoms with Gasteiger partial charge in [0.25, 0.3) is 0 Å². The van der Waals surface area contributed by atoms with Crippen molar-refractivity contribution in [3.63, 3.8) is 0 Å². The van der Waals surface area contributed by atoms with Gasteiger partial charge in [-0.2, -0.15) is 0 Å². The van der Waals surface area contributed by atoms with E-state index in [0.717, 1.165) is 62.2 Å². The van der Waals surface area contributed by atoms with Crippen LogP contribution in [0, 0.1) is 5.82 Å². The Morgan fingerprint density at radius 3 is 2.48 bits per heavy atom. The van der Waals surface area contributed by atoms with Crippen LogP contribution in [0.2, 0.25) is 0 Å². The molecule has 0 fully saturated rings. The van der Waals surface area contributed by atoms with Crippen LogP contribution in [0.4, 0.5) is 4.39 Å². The third-order valence-electron chi connectivity index (χ3n) is 3.61. The molecule has 0 saturated carbocycles. The molecule has 1 aromatic carbocycles. The Morgan fingerprint density at radius 2 is 1.84 bits per heavy atom. The predicted molar refractivity (Wildman–Crippen MR) is 105 cm³/mol. The van der Waals surface area contributed by atoms with Gasteiger partial charge in [-0.05, 0) is 56.5 Å². The Hall–Kier alpha value is -1.31. The second-order valence-electron chi connectivity index (χ2n) is 5.73. The number of hydrogen-bond donors (Lipinski definition) is 2. The highest BCUT2D eigenvalue weighted by atomic mass is 32.2. The summed E-state index contributed by atoms with van der Waals surface area (Å²) in [5.74, 6) is 1.64. The SMILES string of the molecule is CN=C(NCCCSc1ccc(F)cc1)NCCCN(C)CCOC. The Bertz CT molecular complexity index is 484. The number of thioether (sulfide) groups is 1. The Morgan fingerprint density at radius 1 is 1.16 bits per heavy atom. The van der Waals surface area contributed by atoms with Gasteiger partial charge in [-0.3, -0.25) is 4.99 Å². The third kappa shape index (κ3) is 11.0. The van der Waals surface area contributed by atoms with Gasteiger partial charge in [0.1, 0.15) is 5.82 Å². The molecule has 25 heavy (non-hydrogen) atoms. The maximum Gasteiger partial charge on any atom is 0.190 e. The van der Waals surface area contributed by atoms with Gasteiger partial charge in [0.05, 0.1) is 6.61 Å². The van der Waals surface area contributed by atoms with Crippen LogP contribution >= 0.6 is 11.8 Å². The standard InChI is InChI=1S/C18H31FN4OS/c1-20-18(21-10-4-12-23(2)13-14-24-3)22-11-5-15-25-17-8-6-16(19)7-9-17/h6-9H,4-5,10-15H2,1-3H3,(H2,20,21,22). The third-order valence-corrected chi connectivity index (χ3v) is 4.70. The molecule has 142 valence electrons. The Labute approximate surface area is 155 Å². The summed E-state index contributed by atoms with van der Waals surface area (Å²) in [6.45, 7) is 4.50. The number of methoxy groups -OCH3 is 1. The highest BCUT2D eigenvalue weighted by Gasteiger charge is 2.00. The molecule has 0 radical (unpaired) electrons. The van der Waals surface area contributed by atoms with Crippen molar-refractivity contribution in [2.75, 3.05) is 59.7 Å². The molecule has 1 rings (SSSR count). The van der Waals surface area contributed by atoms with Crippen LogP contribution in [0.5, 0.6) is 0 Å². The van der Waals surface area contributed by atoms with E-state index in [1.165, 1.54) is 12.1 Å². The summed E-state index contributed by atoms with van der Waals surface area (Å²) in [4.78, 5) is 7.59. The lowest BCUT2D eigenvalue weighted by molar-refractivity contribution is 0.161. The molecule has 0 aliphatic heterocycles. The van der Waals surface area contributed by atoms with Crippen molar-refractivity contribution in [3.05, 3.63) is 30.1 Å². The van der Waals surface area contributed by atoms with Gasteiger partial charge in [0, 0.05) is 38.7 Å². The van der Waals surface area contributed by atoms with E-state index in [-0.39, 0.29) is 5.82 Å². The zero-order valence-electron chi connectivity index (χ0n) is 15.6. The van der Waals surface area contributed by atoms with Crippen LogP contribution in [0.25, 0.3) is 0 Å². The minimum Gasteiger partial charge on any atom is -0.383 e. The number of hydrogen-bond acceptors (Lipinski definition) is 4. The maximum absolute atomic E-state index is 12.8. The fourth-order valence-electron chi connectivity index (χ4n) is 2.14. The monoisotopic (exact) mass is 370 g/mol. The predicted octanol–water partition coefficient (Wildman–Crippen LogP) is 2.44. The lowest BCUT2D eigenvalue weighted by Crippen LogP contribution is -2.39. The molecule has 0 heterocycles. The zero-order chi connectivity index (χ0) is 18.3. The van der Waals surface area contributed by atoms with Crippen molar-refractivity contribution in [3.8, 4) is 0 Å². The van der Waals surface area contributed by atoms with Gasteiger partial charge in [-0.1, -0.05) is 0 Å². The highest BCUT2D eigenvalue weighted by Crippen LogP contribution is 2.18. The molecule has 2 N–H and O–H groups in total. The van der Waals surface area contributed by atoms with E-state index in [9.17, 15) is 4.39 Å². The first-order valence-electron chi connectivity index (χ1n) is 8.66. The summed E-state index contributed by atoms with van der Waals surface area (Å²) in [6.07, 6.45) is 2.07. The number of aliphatic imine (C=N–C) groups is 1. The van der Waals surface area contributed by atoms with Crippen LogP contribution in [-0.4, -0.2) is 70.6 Å². The van der Waals surface area contributed by atoms with Crippen molar-refractivity contribution in [1.82, 2.24) is 15.5 Å². The largest absolute Gasteiger partial charge is 0.383 e. The van der Waals surface area contributed by atoms with Crippen LogP contribution in [0.3, 0.4) is 0 Å². The lowest BCUT2D eigenvalue weighted by atomic mass is 10.4. The molecule has 0 spiro atoms. The number of halogens is 1. The smallest absolute Gasteiger partial charge is 0.190 e. The van der Waals surface area contributed by atoms with E-state index in [4.69, 9.17) is 4.74 Å². The van der Waals surface area contributed by atoms with Crippen molar-refractivity contribution in [1.29, 1.82) is 0 Å². The summed E-state index contributed by atoms with van der Waals surface area (Å²) < 4.78 is 17.9. The minimum atomic E-state index is -0.189. The zero-order valence-corrected chi connectivity index (χ0v) is 16.4. The number of benzene rings is 1. The fourth-order valence-corrected chi connectivity index (χ4v) is 2.99. The van der Waals surface area contributed by atoms with E-state index in [0.29, 0.717) is 0 Å². The summed E-state index contributed by atoms with van der Waals surface area (Å²) in [7, 11) is 5.61. The average Bonchev–Trinajstić information content (AvgIpc) is 2.62. The van der Waals surface area contributed by atoms with Crippen LogP contribution in [0.1, 0.15) is 12.8 Å². The lowest BCUT2D eigenvalue weighted by Gasteiger charge is -2.17. The van der Waals surface area contributed by atoms with Crippen LogP contribution < -0.4 is 10.6 Å². The number of guanidine groups is 1. The molecule has 0 atom stereocenters. The van der Waals surface area contributed by atoms with E-state index in [2.05, 4.69) is 27.6 Å². The highest BCUT2D eigenvalue weighted by molar-refractivity contribution is 7.99. The van der Waals surface area contributed by atoms with E-state index < -0.39 is 0 Å². The van der Waals surface area contributed by atoms with Gasteiger partial charge in [0.15, 0.2) is 5.96 Å². The van der Waals surface area contributed by atoms with E-state index in [1.54, 1.807) is 25.9 Å². The normalized spacial score (nSPS) is 11.8. The van der Waals surface area contributed by atoms with Gasteiger partial charge < -0.3 is 20.3 Å². The number of ether oxygens (including phenoxy) is 1. The Kier molecular flexibility index (Phi) is 12.1. The number of nitrogens with one attached hydrogen (secondary N) is 2. The van der Waals surface area contributed by atoms with Gasteiger partial charge in [0.2, 0.25) is 0 Å². The first-order valence-corrected chi connectivity index (χ1v) is 9.64. The number of nitrogens with zero attached hydrogens (tertiary/aromatic N) is 2. The molecule has 1 aromatic rings. The van der Waals surface area contributed by atoms with Crippen molar-refractivity contribution < 1.29 is 9.13 Å². The van der Waals surface area contributed by atoms with Crippen LogP contribution in [-0.2, 0) is 4.74 Å². The fraction of sp³-hybridized carbons (Fsp3) is 0.611. The molecule has 5 nitrogen and oxygen atoms in total. The quantitative estimate of drug-likeness (QED) is 0.256. The average molecular weight is 371 g/mol. The van der Waals surface area contributed by atoms with Crippen molar-refractivity contribution in [2.24, 2.45) is 4.99 Å². The molecular weight excluding hydrogens is 339 g/mol. The summed E-state index contributed by atoms with van der Waals surface area (Å²) >= 11 is 1.74. The summed E-state index contributed by atoms with van der Waals surface area (Å²) in [5, 5.41) is 6.65. The van der Waals surface area contributed by atoms with Crippen LogP contribution in [0.15, 0.2) is 34.2 Å². The number of rotatable bonds is 12. The second kappa shape index (κ2) is 13.9. The first kappa shape index (κ1) is 21.7. The topological polar surface area (TPSA) is 48.9 Å². The molecular formula is C18H31FN4OS. The second-order valence-corrected chi connectivity index (χ2v) is 6.90. The van der Waals surface area contributed by atoms with Crippen molar-refractivity contribution in [2.45, 2.75) is 17.7 Å². The van der Waals surface area contributed by atoms with E-state index >= 15 is 0 Å². The molecule has 0 unspecified atom stereocenters. The van der Waals surface area contributed by atoms with E-state index in [1.807, 2.05) is 12.1 Å². The summed E-state index contributed by atoms with van der Waals surface area (Å²) in [5.41, 5.74) is 0. The first-order chi connectivity index (χ1) is 12.2. The van der Waals surface area contributed by atoms with Gasteiger partial charge in [-0.15, -0.1) is 11.8 Å². The molecule has 7 heteroatoms. The van der Waals surface area contributed by atoms with Gasteiger partial charge in [-0.25, -0.2) is 4.39 Å². The Balaban J connectivity index is 2.05. The molecule has 0 saturated heterocycles. The summed E-state index contributed by atoms with van der Waals surface area (Å²) in [6, 6.07) is 6.63. The molecule has 0 aliphatic rings. The number of likely N-dealkylation sites (N-methyl/N-ethyl adjacent to an activating group) is 1. The molecule has 0 aromatic heterocycles. The van der Waals surface area contributed by atoms with Gasteiger partial charge >= 0.3 is 0 Å². The molecule has 0 bridgehead atoms.